The summed E-state index contributed by atoms with van der Waals surface area (Å²) in [5, 5.41) is 8.81. The lowest BCUT2D eigenvalue weighted by atomic mass is 10.1. The summed E-state index contributed by atoms with van der Waals surface area (Å²) in [4.78, 5) is 0. The predicted octanol–water partition coefficient (Wildman–Crippen LogP) is 1.62. The van der Waals surface area contributed by atoms with Crippen LogP contribution in [0, 0.1) is 11.3 Å². The normalized spacial score (nSPS) is 12.4. The monoisotopic (exact) mass is 281 g/mol. The summed E-state index contributed by atoms with van der Waals surface area (Å²) in [6.07, 6.45) is 0. The molecule has 1 aromatic carbocycles. The average Bonchev–Trinajstić information content (AvgIpc) is 2.26. The lowest BCUT2D eigenvalue weighted by Crippen LogP contribution is -2.47. The van der Waals surface area contributed by atoms with Gasteiger partial charge in [0, 0.05) is 19.1 Å². The Morgan fingerprint density at radius 1 is 1.37 bits per heavy atom. The highest BCUT2D eigenvalue weighted by Crippen LogP contribution is 2.11. The maximum absolute atomic E-state index is 12.1. The van der Waals surface area contributed by atoms with E-state index in [1.807, 2.05) is 6.07 Å². The lowest BCUT2D eigenvalue weighted by Gasteiger charge is -2.25. The molecule has 0 heterocycles. The van der Waals surface area contributed by atoms with Gasteiger partial charge in [0.2, 0.25) is 0 Å². The zero-order chi connectivity index (χ0) is 14.7. The van der Waals surface area contributed by atoms with Crippen LogP contribution in [0.15, 0.2) is 24.3 Å². The molecule has 5 nitrogen and oxygen atoms in total. The molecule has 0 atom stereocenters. The van der Waals surface area contributed by atoms with Gasteiger partial charge in [0.1, 0.15) is 0 Å². The molecule has 0 bridgehead atoms. The van der Waals surface area contributed by atoms with Gasteiger partial charge in [-0.15, -0.1) is 0 Å². The molecule has 0 radical (unpaired) electrons. The van der Waals surface area contributed by atoms with Crippen molar-refractivity contribution in [3.8, 4) is 6.07 Å². The Bertz CT molecular complexity index is 583. The number of benzene rings is 1. The van der Waals surface area contributed by atoms with E-state index in [1.165, 1.54) is 11.4 Å². The summed E-state index contributed by atoms with van der Waals surface area (Å²) in [6, 6.07) is 8.94. The fraction of sp³-hybridized carbons (Fsp3) is 0.462. The third-order valence-electron chi connectivity index (χ3n) is 2.31. The van der Waals surface area contributed by atoms with Crippen molar-refractivity contribution in [2.24, 2.45) is 0 Å². The summed E-state index contributed by atoms with van der Waals surface area (Å²) in [7, 11) is -2.03. The maximum atomic E-state index is 12.1. The van der Waals surface area contributed by atoms with E-state index in [4.69, 9.17) is 5.26 Å². The van der Waals surface area contributed by atoms with E-state index in [0.717, 1.165) is 5.56 Å². The third kappa shape index (κ3) is 4.99. The van der Waals surface area contributed by atoms with Crippen molar-refractivity contribution in [3.63, 3.8) is 0 Å². The third-order valence-corrected chi connectivity index (χ3v) is 4.13. The zero-order valence-corrected chi connectivity index (χ0v) is 12.5. The Balaban J connectivity index is 2.85. The molecule has 104 valence electrons. The second-order valence-electron chi connectivity index (χ2n) is 5.43. The van der Waals surface area contributed by atoms with Gasteiger partial charge in [-0.2, -0.15) is 22.7 Å². The first kappa shape index (κ1) is 15.6. The van der Waals surface area contributed by atoms with E-state index in [0.29, 0.717) is 5.56 Å². The van der Waals surface area contributed by atoms with Gasteiger partial charge in [-0.3, -0.25) is 0 Å². The van der Waals surface area contributed by atoms with Crippen LogP contribution in [-0.2, 0) is 16.8 Å². The molecule has 0 unspecified atom stereocenters. The van der Waals surface area contributed by atoms with Crippen molar-refractivity contribution in [2.75, 3.05) is 7.05 Å². The van der Waals surface area contributed by atoms with Gasteiger partial charge in [0.25, 0.3) is 10.2 Å². The quantitative estimate of drug-likeness (QED) is 0.911. The van der Waals surface area contributed by atoms with Gasteiger partial charge in [0.05, 0.1) is 11.6 Å². The molecular weight excluding hydrogens is 262 g/mol. The van der Waals surface area contributed by atoms with E-state index < -0.39 is 15.7 Å². The summed E-state index contributed by atoms with van der Waals surface area (Å²) in [5.41, 5.74) is 0.773. The SMILES string of the molecule is CN(Cc1cccc(C#N)c1)S(=O)(=O)NC(C)(C)C. The summed E-state index contributed by atoms with van der Waals surface area (Å²) < 4.78 is 27.9. The molecule has 0 fully saturated rings. The summed E-state index contributed by atoms with van der Waals surface area (Å²) in [5.74, 6) is 0. The van der Waals surface area contributed by atoms with Crippen LogP contribution >= 0.6 is 0 Å². The van der Waals surface area contributed by atoms with Crippen LogP contribution in [0.5, 0.6) is 0 Å². The molecule has 1 rings (SSSR count). The maximum Gasteiger partial charge on any atom is 0.279 e. The Kier molecular flexibility index (Phi) is 4.69. The Morgan fingerprint density at radius 3 is 2.53 bits per heavy atom. The minimum absolute atomic E-state index is 0.223. The standard InChI is InChI=1S/C13H19N3O2S/c1-13(2,3)15-19(17,18)16(4)10-12-7-5-6-11(8-12)9-14/h5-8,15H,10H2,1-4H3. The molecule has 19 heavy (non-hydrogen) atoms. The molecule has 0 aliphatic heterocycles. The van der Waals surface area contributed by atoms with E-state index in [9.17, 15) is 8.42 Å². The number of nitrogens with zero attached hydrogens (tertiary/aromatic N) is 2. The smallest absolute Gasteiger partial charge is 0.197 e. The number of hydrogen-bond acceptors (Lipinski definition) is 3. The molecular formula is C13H19N3O2S. The van der Waals surface area contributed by atoms with Gasteiger partial charge in [-0.25, -0.2) is 0 Å². The number of nitriles is 1. The highest BCUT2D eigenvalue weighted by atomic mass is 32.2. The molecule has 0 saturated carbocycles. The van der Waals surface area contributed by atoms with E-state index in [-0.39, 0.29) is 6.54 Å². The topological polar surface area (TPSA) is 73.2 Å². The van der Waals surface area contributed by atoms with E-state index >= 15 is 0 Å². The van der Waals surface area contributed by atoms with Crippen molar-refractivity contribution in [3.05, 3.63) is 35.4 Å². The van der Waals surface area contributed by atoms with Crippen LogP contribution in [0.25, 0.3) is 0 Å². The second kappa shape index (κ2) is 5.70. The molecule has 0 aliphatic rings. The van der Waals surface area contributed by atoms with Crippen molar-refractivity contribution in [2.45, 2.75) is 32.9 Å². The number of rotatable bonds is 4. The zero-order valence-electron chi connectivity index (χ0n) is 11.6. The number of hydrogen-bond donors (Lipinski definition) is 1. The number of nitrogens with one attached hydrogen (secondary N) is 1. The molecule has 0 saturated heterocycles. The van der Waals surface area contributed by atoms with Gasteiger partial charge in [0.15, 0.2) is 0 Å². The first-order valence-electron chi connectivity index (χ1n) is 5.88. The van der Waals surface area contributed by atoms with Gasteiger partial charge < -0.3 is 0 Å². The van der Waals surface area contributed by atoms with Crippen LogP contribution in [-0.4, -0.2) is 25.3 Å². The summed E-state index contributed by atoms with van der Waals surface area (Å²) >= 11 is 0. The van der Waals surface area contributed by atoms with Crippen molar-refractivity contribution >= 4 is 10.2 Å². The van der Waals surface area contributed by atoms with E-state index in [1.54, 1.807) is 45.0 Å². The first-order valence-corrected chi connectivity index (χ1v) is 7.32. The molecule has 6 heteroatoms. The van der Waals surface area contributed by atoms with Crippen LogP contribution in [0.1, 0.15) is 31.9 Å². The predicted molar refractivity (Wildman–Crippen MR) is 74.4 cm³/mol. The minimum Gasteiger partial charge on any atom is -0.197 e. The molecule has 1 aromatic rings. The molecule has 0 aromatic heterocycles. The lowest BCUT2D eigenvalue weighted by molar-refractivity contribution is 0.421. The van der Waals surface area contributed by atoms with Gasteiger partial charge >= 0.3 is 0 Å². The highest BCUT2D eigenvalue weighted by Gasteiger charge is 2.24. The van der Waals surface area contributed by atoms with Crippen LogP contribution in [0.2, 0.25) is 0 Å². The van der Waals surface area contributed by atoms with Gasteiger partial charge in [-0.1, -0.05) is 12.1 Å². The Labute approximate surface area is 115 Å². The minimum atomic E-state index is -3.54. The highest BCUT2D eigenvalue weighted by molar-refractivity contribution is 7.87. The molecule has 0 amide bonds. The van der Waals surface area contributed by atoms with Crippen molar-refractivity contribution < 1.29 is 8.42 Å². The Morgan fingerprint density at radius 2 is 2.00 bits per heavy atom. The molecule has 0 aliphatic carbocycles. The van der Waals surface area contributed by atoms with E-state index in [2.05, 4.69) is 4.72 Å². The fourth-order valence-electron chi connectivity index (χ4n) is 1.55. The van der Waals surface area contributed by atoms with Crippen LogP contribution in [0.4, 0.5) is 0 Å². The molecule has 0 spiro atoms. The molecule has 1 N–H and O–H groups in total. The fourth-order valence-corrected chi connectivity index (χ4v) is 2.79. The largest absolute Gasteiger partial charge is 0.279 e. The van der Waals surface area contributed by atoms with Crippen LogP contribution < -0.4 is 4.72 Å². The summed E-state index contributed by atoms with van der Waals surface area (Å²) in [6.45, 7) is 5.58. The van der Waals surface area contributed by atoms with Crippen molar-refractivity contribution in [1.82, 2.24) is 9.03 Å². The van der Waals surface area contributed by atoms with Gasteiger partial charge in [-0.05, 0) is 38.5 Å². The Hall–Kier alpha value is -1.42. The first-order chi connectivity index (χ1) is 8.64. The van der Waals surface area contributed by atoms with Crippen LogP contribution in [0.3, 0.4) is 0 Å². The average molecular weight is 281 g/mol. The second-order valence-corrected chi connectivity index (χ2v) is 7.20. The van der Waals surface area contributed by atoms with Crippen molar-refractivity contribution in [1.29, 1.82) is 5.26 Å².